The van der Waals surface area contributed by atoms with E-state index in [2.05, 4.69) is 4.74 Å². The van der Waals surface area contributed by atoms with Gasteiger partial charge >= 0.3 is 6.16 Å². The van der Waals surface area contributed by atoms with Crippen LogP contribution in [0.1, 0.15) is 5.56 Å². The predicted molar refractivity (Wildman–Crippen MR) is 53.3 cm³/mol. The molecule has 0 amide bonds. The van der Waals surface area contributed by atoms with Crippen LogP contribution < -0.4 is 0 Å². The SMILES string of the molecule is O=C(OCCCl)OCc1ccccc1. The highest BCUT2D eigenvalue weighted by atomic mass is 35.5. The summed E-state index contributed by atoms with van der Waals surface area (Å²) in [6.45, 7) is 0.400. The Labute approximate surface area is 87.6 Å². The van der Waals surface area contributed by atoms with Gasteiger partial charge in [-0.25, -0.2) is 4.79 Å². The van der Waals surface area contributed by atoms with E-state index in [-0.39, 0.29) is 19.1 Å². The van der Waals surface area contributed by atoms with Gasteiger partial charge in [0.2, 0.25) is 0 Å². The van der Waals surface area contributed by atoms with Crippen molar-refractivity contribution in [2.24, 2.45) is 0 Å². The van der Waals surface area contributed by atoms with Gasteiger partial charge in [-0.05, 0) is 5.56 Å². The Bertz CT molecular complexity index is 274. The molecule has 0 aliphatic carbocycles. The number of alkyl halides is 1. The van der Waals surface area contributed by atoms with E-state index in [1.807, 2.05) is 30.3 Å². The lowest BCUT2D eigenvalue weighted by molar-refractivity contribution is 0.0541. The van der Waals surface area contributed by atoms with Crippen molar-refractivity contribution < 1.29 is 14.3 Å². The van der Waals surface area contributed by atoms with Crippen LogP contribution in [0, 0.1) is 0 Å². The molecule has 1 aromatic carbocycles. The van der Waals surface area contributed by atoms with E-state index in [1.165, 1.54) is 0 Å². The topological polar surface area (TPSA) is 35.5 Å². The molecule has 0 aliphatic rings. The van der Waals surface area contributed by atoms with Gasteiger partial charge in [0.25, 0.3) is 0 Å². The maximum Gasteiger partial charge on any atom is 0.508 e. The molecule has 0 aromatic heterocycles. The number of rotatable bonds is 4. The van der Waals surface area contributed by atoms with Crippen LogP contribution in [0.15, 0.2) is 30.3 Å². The molecule has 0 saturated carbocycles. The molecule has 0 aliphatic heterocycles. The van der Waals surface area contributed by atoms with E-state index in [1.54, 1.807) is 0 Å². The molecule has 14 heavy (non-hydrogen) atoms. The summed E-state index contributed by atoms with van der Waals surface area (Å²) in [5, 5.41) is 0. The Hall–Kier alpha value is -1.22. The smallest absolute Gasteiger partial charge is 0.433 e. The maximum absolute atomic E-state index is 10.9. The van der Waals surface area contributed by atoms with Crippen molar-refractivity contribution in [2.75, 3.05) is 12.5 Å². The quantitative estimate of drug-likeness (QED) is 0.571. The molecule has 3 nitrogen and oxygen atoms in total. The van der Waals surface area contributed by atoms with Gasteiger partial charge in [0, 0.05) is 0 Å². The van der Waals surface area contributed by atoms with Crippen molar-refractivity contribution >= 4 is 17.8 Å². The van der Waals surface area contributed by atoms with E-state index >= 15 is 0 Å². The number of carbonyl (C=O) groups excluding carboxylic acids is 1. The zero-order chi connectivity index (χ0) is 10.2. The van der Waals surface area contributed by atoms with E-state index < -0.39 is 6.16 Å². The maximum atomic E-state index is 10.9. The third kappa shape index (κ3) is 4.14. The molecule has 0 N–H and O–H groups in total. The summed E-state index contributed by atoms with van der Waals surface area (Å²) in [4.78, 5) is 10.9. The van der Waals surface area contributed by atoms with Crippen molar-refractivity contribution in [3.8, 4) is 0 Å². The fourth-order valence-corrected chi connectivity index (χ4v) is 0.957. The summed E-state index contributed by atoms with van der Waals surface area (Å²) in [6.07, 6.45) is -0.686. The molecule has 0 unspecified atom stereocenters. The van der Waals surface area contributed by atoms with Gasteiger partial charge < -0.3 is 9.47 Å². The zero-order valence-corrected chi connectivity index (χ0v) is 8.37. The van der Waals surface area contributed by atoms with Crippen molar-refractivity contribution in [3.05, 3.63) is 35.9 Å². The van der Waals surface area contributed by atoms with Gasteiger partial charge in [0.15, 0.2) is 0 Å². The molecule has 76 valence electrons. The number of ether oxygens (including phenoxy) is 2. The highest BCUT2D eigenvalue weighted by molar-refractivity contribution is 6.18. The van der Waals surface area contributed by atoms with Crippen LogP contribution in [-0.2, 0) is 16.1 Å². The molecule has 0 fully saturated rings. The van der Waals surface area contributed by atoms with Crippen LogP contribution in [0.25, 0.3) is 0 Å². The molecule has 1 aromatic rings. The van der Waals surface area contributed by atoms with Crippen LogP contribution in [0.4, 0.5) is 4.79 Å². The van der Waals surface area contributed by atoms with E-state index in [0.29, 0.717) is 0 Å². The van der Waals surface area contributed by atoms with Gasteiger partial charge in [-0.2, -0.15) is 0 Å². The van der Waals surface area contributed by atoms with Crippen LogP contribution in [0.5, 0.6) is 0 Å². The summed E-state index contributed by atoms with van der Waals surface area (Å²) < 4.78 is 9.43. The lowest BCUT2D eigenvalue weighted by Crippen LogP contribution is -2.08. The monoisotopic (exact) mass is 214 g/mol. The number of carbonyl (C=O) groups is 1. The summed E-state index contributed by atoms with van der Waals surface area (Å²) in [6, 6.07) is 9.39. The number of hydrogen-bond acceptors (Lipinski definition) is 3. The first-order valence-electron chi connectivity index (χ1n) is 4.22. The summed E-state index contributed by atoms with van der Waals surface area (Å²) >= 11 is 5.33. The lowest BCUT2D eigenvalue weighted by Gasteiger charge is -2.04. The molecule has 0 bridgehead atoms. The van der Waals surface area contributed by atoms with Gasteiger partial charge in [0.1, 0.15) is 13.2 Å². The fourth-order valence-electron chi connectivity index (χ4n) is 0.880. The second kappa shape index (κ2) is 6.27. The third-order valence-electron chi connectivity index (χ3n) is 1.50. The normalized spacial score (nSPS) is 9.50. The Morgan fingerprint density at radius 3 is 2.57 bits per heavy atom. The van der Waals surface area contributed by atoms with E-state index in [0.717, 1.165) is 5.56 Å². The van der Waals surface area contributed by atoms with Gasteiger partial charge in [0.05, 0.1) is 5.88 Å². The van der Waals surface area contributed by atoms with Gasteiger partial charge in [-0.15, -0.1) is 11.6 Å². The molecular formula is C10H11ClO3. The molecule has 0 radical (unpaired) electrons. The first kappa shape index (κ1) is 10.9. The third-order valence-corrected chi connectivity index (χ3v) is 1.65. The van der Waals surface area contributed by atoms with Gasteiger partial charge in [-0.1, -0.05) is 30.3 Å². The van der Waals surface area contributed by atoms with Crippen molar-refractivity contribution in [1.82, 2.24) is 0 Å². The highest BCUT2D eigenvalue weighted by Crippen LogP contribution is 2.01. The second-order valence-electron chi connectivity index (χ2n) is 2.56. The molecule has 0 saturated heterocycles. The summed E-state index contributed by atoms with van der Waals surface area (Å²) in [5.41, 5.74) is 0.926. The molecule has 4 heteroatoms. The number of hydrogen-bond donors (Lipinski definition) is 0. The summed E-state index contributed by atoms with van der Waals surface area (Å²) in [5.74, 6) is 0.278. The number of benzene rings is 1. The standard InChI is InChI=1S/C10H11ClO3/c11-6-7-13-10(12)14-8-9-4-2-1-3-5-9/h1-5H,6-8H2. The Balaban J connectivity index is 2.24. The lowest BCUT2D eigenvalue weighted by atomic mass is 10.2. The fraction of sp³-hybridized carbons (Fsp3) is 0.300. The van der Waals surface area contributed by atoms with Crippen LogP contribution in [-0.4, -0.2) is 18.6 Å². The van der Waals surface area contributed by atoms with Crippen molar-refractivity contribution in [1.29, 1.82) is 0 Å². The zero-order valence-electron chi connectivity index (χ0n) is 7.61. The van der Waals surface area contributed by atoms with Crippen LogP contribution in [0.2, 0.25) is 0 Å². The van der Waals surface area contributed by atoms with Crippen molar-refractivity contribution in [2.45, 2.75) is 6.61 Å². The Kier molecular flexibility index (Phi) is 4.86. The largest absolute Gasteiger partial charge is 0.508 e. The Morgan fingerprint density at radius 2 is 1.93 bits per heavy atom. The molecule has 0 heterocycles. The first-order chi connectivity index (χ1) is 6.83. The van der Waals surface area contributed by atoms with Crippen LogP contribution in [0.3, 0.4) is 0 Å². The molecule has 1 rings (SSSR count). The minimum atomic E-state index is -0.686. The summed E-state index contributed by atoms with van der Waals surface area (Å²) in [7, 11) is 0. The minimum Gasteiger partial charge on any atom is -0.433 e. The van der Waals surface area contributed by atoms with Crippen LogP contribution >= 0.6 is 11.6 Å². The first-order valence-corrected chi connectivity index (χ1v) is 4.76. The Morgan fingerprint density at radius 1 is 1.21 bits per heavy atom. The second-order valence-corrected chi connectivity index (χ2v) is 2.94. The average molecular weight is 215 g/mol. The molecule has 0 atom stereocenters. The predicted octanol–water partition coefficient (Wildman–Crippen LogP) is 2.58. The molecular weight excluding hydrogens is 204 g/mol. The van der Waals surface area contributed by atoms with Crippen molar-refractivity contribution in [3.63, 3.8) is 0 Å². The van der Waals surface area contributed by atoms with E-state index in [9.17, 15) is 4.79 Å². The molecule has 0 spiro atoms. The minimum absolute atomic E-state index is 0.176. The average Bonchev–Trinajstić information content (AvgIpc) is 2.25. The number of halogens is 1. The van der Waals surface area contributed by atoms with E-state index in [4.69, 9.17) is 16.3 Å². The van der Waals surface area contributed by atoms with Gasteiger partial charge in [-0.3, -0.25) is 0 Å². The highest BCUT2D eigenvalue weighted by Gasteiger charge is 2.02.